The van der Waals surface area contributed by atoms with E-state index in [1.54, 1.807) is 0 Å². The first-order valence-corrected chi connectivity index (χ1v) is 7.32. The zero-order valence-electron chi connectivity index (χ0n) is 10.6. The van der Waals surface area contributed by atoms with Crippen molar-refractivity contribution >= 4 is 27.0 Å². The van der Waals surface area contributed by atoms with Crippen LogP contribution >= 0.6 is 15.9 Å². The van der Waals surface area contributed by atoms with Crippen molar-refractivity contribution in [3.8, 4) is 0 Å². The number of hydrogen-bond donors (Lipinski definition) is 1. The molecule has 1 aromatic heterocycles. The Morgan fingerprint density at radius 1 is 1.39 bits per heavy atom. The van der Waals surface area contributed by atoms with Crippen LogP contribution < -0.4 is 5.73 Å². The van der Waals surface area contributed by atoms with Crippen LogP contribution in [0.2, 0.25) is 0 Å². The Labute approximate surface area is 116 Å². The molecule has 1 fully saturated rings. The zero-order chi connectivity index (χ0) is 12.7. The number of imidazole rings is 1. The average molecular weight is 308 g/mol. The Balaban J connectivity index is 2.03. The molecule has 1 aromatic carbocycles. The number of hydrogen-bond acceptors (Lipinski definition) is 2. The summed E-state index contributed by atoms with van der Waals surface area (Å²) in [6, 6.07) is 6.62. The van der Waals surface area contributed by atoms with Gasteiger partial charge in [-0.3, -0.25) is 0 Å². The van der Waals surface area contributed by atoms with Crippen LogP contribution in [-0.2, 0) is 7.05 Å². The van der Waals surface area contributed by atoms with Crippen LogP contribution in [0.5, 0.6) is 0 Å². The van der Waals surface area contributed by atoms with Gasteiger partial charge in [-0.05, 0) is 37.5 Å². The molecule has 3 rings (SSSR count). The summed E-state index contributed by atoms with van der Waals surface area (Å²) in [7, 11) is 2.11. The van der Waals surface area contributed by atoms with Crippen molar-refractivity contribution in [2.75, 3.05) is 0 Å². The highest BCUT2D eigenvalue weighted by Crippen LogP contribution is 2.33. The Morgan fingerprint density at radius 3 is 3.00 bits per heavy atom. The summed E-state index contributed by atoms with van der Waals surface area (Å²) in [5.74, 6) is 1.71. The monoisotopic (exact) mass is 307 g/mol. The van der Waals surface area contributed by atoms with E-state index in [0.717, 1.165) is 22.8 Å². The fraction of sp³-hybridized carbons (Fsp3) is 0.500. The van der Waals surface area contributed by atoms with E-state index >= 15 is 0 Å². The van der Waals surface area contributed by atoms with E-state index in [9.17, 15) is 0 Å². The molecule has 0 spiro atoms. The number of nitrogens with two attached hydrogens (primary N) is 1. The molecule has 1 aliphatic rings. The van der Waals surface area contributed by atoms with Gasteiger partial charge < -0.3 is 10.3 Å². The van der Waals surface area contributed by atoms with E-state index in [1.807, 2.05) is 0 Å². The van der Waals surface area contributed by atoms with E-state index in [4.69, 9.17) is 10.7 Å². The summed E-state index contributed by atoms with van der Waals surface area (Å²) in [6.45, 7) is 0. The lowest BCUT2D eigenvalue weighted by Gasteiger charge is -2.26. The lowest BCUT2D eigenvalue weighted by atomic mass is 9.85. The molecule has 3 nitrogen and oxygen atoms in total. The van der Waals surface area contributed by atoms with Crippen molar-refractivity contribution < 1.29 is 0 Å². The molecule has 2 unspecified atom stereocenters. The summed E-state index contributed by atoms with van der Waals surface area (Å²) in [5.41, 5.74) is 8.36. The highest BCUT2D eigenvalue weighted by atomic mass is 79.9. The summed E-state index contributed by atoms with van der Waals surface area (Å²) < 4.78 is 3.31. The minimum atomic E-state index is 0.343. The molecule has 1 aliphatic carbocycles. The maximum atomic E-state index is 6.09. The number of nitrogens with zero attached hydrogens (tertiary/aromatic N) is 2. The Hall–Kier alpha value is -0.870. The van der Waals surface area contributed by atoms with Crippen LogP contribution in [-0.4, -0.2) is 15.6 Å². The maximum absolute atomic E-state index is 6.09. The van der Waals surface area contributed by atoms with Crippen LogP contribution in [0.4, 0.5) is 0 Å². The van der Waals surface area contributed by atoms with Gasteiger partial charge in [0.05, 0.1) is 11.0 Å². The van der Waals surface area contributed by atoms with Crippen LogP contribution in [0, 0.1) is 0 Å². The highest BCUT2D eigenvalue weighted by Gasteiger charge is 2.24. The van der Waals surface area contributed by atoms with Gasteiger partial charge in [-0.2, -0.15) is 0 Å². The van der Waals surface area contributed by atoms with E-state index in [-0.39, 0.29) is 0 Å². The fourth-order valence-electron chi connectivity index (χ4n) is 3.02. The summed E-state index contributed by atoms with van der Waals surface area (Å²) in [4.78, 5) is 4.81. The quantitative estimate of drug-likeness (QED) is 0.878. The molecule has 2 N–H and O–H groups in total. The minimum absolute atomic E-state index is 0.343. The van der Waals surface area contributed by atoms with E-state index in [1.165, 1.54) is 24.2 Å². The van der Waals surface area contributed by atoms with Gasteiger partial charge in [-0.1, -0.05) is 22.4 Å². The second kappa shape index (κ2) is 4.67. The van der Waals surface area contributed by atoms with Crippen molar-refractivity contribution in [2.45, 2.75) is 37.6 Å². The lowest BCUT2D eigenvalue weighted by molar-refractivity contribution is 0.378. The number of aromatic nitrogens is 2. The van der Waals surface area contributed by atoms with Gasteiger partial charge in [0.25, 0.3) is 0 Å². The van der Waals surface area contributed by atoms with Gasteiger partial charge >= 0.3 is 0 Å². The largest absolute Gasteiger partial charge is 0.331 e. The number of aryl methyl sites for hydroxylation is 1. The smallest absolute Gasteiger partial charge is 0.112 e. The Morgan fingerprint density at radius 2 is 2.22 bits per heavy atom. The van der Waals surface area contributed by atoms with Gasteiger partial charge in [-0.15, -0.1) is 0 Å². The van der Waals surface area contributed by atoms with Gasteiger partial charge in [-0.25, -0.2) is 4.98 Å². The predicted octanol–water partition coefficient (Wildman–Crippen LogP) is 3.32. The highest BCUT2D eigenvalue weighted by molar-refractivity contribution is 9.10. The van der Waals surface area contributed by atoms with Crippen molar-refractivity contribution in [3.05, 3.63) is 28.5 Å². The molecular weight excluding hydrogens is 290 g/mol. The molecule has 2 aromatic rings. The Kier molecular flexibility index (Phi) is 3.16. The number of rotatable bonds is 1. The third-order valence-electron chi connectivity index (χ3n) is 3.96. The average Bonchev–Trinajstić information content (AvgIpc) is 2.66. The first-order chi connectivity index (χ1) is 8.65. The van der Waals surface area contributed by atoms with Gasteiger partial charge in [0.15, 0.2) is 0 Å². The van der Waals surface area contributed by atoms with Gasteiger partial charge in [0.1, 0.15) is 5.82 Å². The van der Waals surface area contributed by atoms with E-state index < -0.39 is 0 Å². The second-order valence-corrected chi connectivity index (χ2v) is 6.20. The topological polar surface area (TPSA) is 43.8 Å². The molecule has 96 valence electrons. The molecule has 0 radical (unpaired) electrons. The minimum Gasteiger partial charge on any atom is -0.331 e. The fourth-order valence-corrected chi connectivity index (χ4v) is 3.37. The van der Waals surface area contributed by atoms with E-state index in [2.05, 4.69) is 45.7 Å². The first kappa shape index (κ1) is 12.2. The molecule has 2 atom stereocenters. The molecular formula is C14H18BrN3. The summed E-state index contributed by atoms with van der Waals surface area (Å²) >= 11 is 3.50. The summed E-state index contributed by atoms with van der Waals surface area (Å²) in [6.07, 6.45) is 4.66. The molecule has 4 heteroatoms. The third-order valence-corrected chi connectivity index (χ3v) is 4.45. The van der Waals surface area contributed by atoms with Gasteiger partial charge in [0.2, 0.25) is 0 Å². The number of benzene rings is 1. The van der Waals surface area contributed by atoms with Gasteiger partial charge in [0, 0.05) is 23.5 Å². The molecule has 0 amide bonds. The van der Waals surface area contributed by atoms with Crippen molar-refractivity contribution in [1.82, 2.24) is 9.55 Å². The third kappa shape index (κ3) is 2.08. The van der Waals surface area contributed by atoms with Crippen LogP contribution in [0.3, 0.4) is 0 Å². The molecule has 1 heterocycles. The lowest BCUT2D eigenvalue weighted by Crippen LogP contribution is -2.27. The Bertz CT molecular complexity index is 576. The number of halogens is 1. The standard InChI is InChI=1S/C14H18BrN3/c1-18-13-6-5-10(15)8-12(13)17-14(18)9-3-2-4-11(16)7-9/h5-6,8-9,11H,2-4,7,16H2,1H3. The normalized spacial score (nSPS) is 24.6. The predicted molar refractivity (Wildman–Crippen MR) is 77.6 cm³/mol. The first-order valence-electron chi connectivity index (χ1n) is 6.52. The van der Waals surface area contributed by atoms with Crippen molar-refractivity contribution in [3.63, 3.8) is 0 Å². The van der Waals surface area contributed by atoms with Crippen LogP contribution in [0.1, 0.15) is 37.4 Å². The van der Waals surface area contributed by atoms with Crippen molar-refractivity contribution in [2.24, 2.45) is 12.8 Å². The van der Waals surface area contributed by atoms with Crippen molar-refractivity contribution in [1.29, 1.82) is 0 Å². The maximum Gasteiger partial charge on any atom is 0.112 e. The van der Waals surface area contributed by atoms with Crippen LogP contribution in [0.15, 0.2) is 22.7 Å². The van der Waals surface area contributed by atoms with Crippen LogP contribution in [0.25, 0.3) is 11.0 Å². The summed E-state index contributed by atoms with van der Waals surface area (Å²) in [5, 5.41) is 0. The zero-order valence-corrected chi connectivity index (χ0v) is 12.2. The molecule has 0 bridgehead atoms. The molecule has 18 heavy (non-hydrogen) atoms. The molecule has 1 saturated carbocycles. The second-order valence-electron chi connectivity index (χ2n) is 5.29. The molecule has 0 saturated heterocycles. The SMILES string of the molecule is Cn1c(C2CCCC(N)C2)nc2cc(Br)ccc21. The number of fused-ring (bicyclic) bond motifs is 1. The van der Waals surface area contributed by atoms with E-state index in [0.29, 0.717) is 12.0 Å². The molecule has 0 aliphatic heterocycles.